The molecule has 2 amide bonds. The van der Waals surface area contributed by atoms with E-state index in [0.29, 0.717) is 29.8 Å². The first-order chi connectivity index (χ1) is 12.5. The largest absolute Gasteiger partial charge is 0.325 e. The van der Waals surface area contributed by atoms with Crippen LogP contribution in [0.3, 0.4) is 0 Å². The second kappa shape index (κ2) is 7.88. The van der Waals surface area contributed by atoms with Crippen molar-refractivity contribution < 1.29 is 14.0 Å². The van der Waals surface area contributed by atoms with Crippen LogP contribution in [0.2, 0.25) is 0 Å². The number of benzene rings is 2. The van der Waals surface area contributed by atoms with Gasteiger partial charge in [-0.15, -0.1) is 11.8 Å². The Morgan fingerprint density at radius 2 is 1.92 bits per heavy atom. The molecule has 2 aromatic carbocycles. The van der Waals surface area contributed by atoms with Crippen LogP contribution >= 0.6 is 11.8 Å². The molecule has 3 rings (SSSR count). The molecule has 1 heterocycles. The third-order valence-electron chi connectivity index (χ3n) is 4.23. The van der Waals surface area contributed by atoms with E-state index in [1.807, 2.05) is 12.3 Å². The van der Waals surface area contributed by atoms with Gasteiger partial charge in [-0.25, -0.2) is 4.39 Å². The number of carbonyl (C=O) groups excluding carboxylic acids is 2. The van der Waals surface area contributed by atoms with E-state index in [-0.39, 0.29) is 23.3 Å². The molecule has 0 unspecified atom stereocenters. The smallest absolute Gasteiger partial charge is 0.255 e. The number of hydrogen-bond donors (Lipinski definition) is 3. The Kier molecular flexibility index (Phi) is 5.58. The topological polar surface area (TPSA) is 70.2 Å². The lowest BCUT2D eigenvalue weighted by atomic mass is 9.99. The Morgan fingerprint density at radius 3 is 2.65 bits per heavy atom. The lowest BCUT2D eigenvalue weighted by Gasteiger charge is -2.19. The summed E-state index contributed by atoms with van der Waals surface area (Å²) in [7, 11) is 0. The summed E-state index contributed by atoms with van der Waals surface area (Å²) in [5.41, 5.74) is 2.83. The highest BCUT2D eigenvalue weighted by Gasteiger charge is 2.18. The summed E-state index contributed by atoms with van der Waals surface area (Å²) in [4.78, 5) is 24.6. The second-order valence-electron chi connectivity index (χ2n) is 6.04. The highest BCUT2D eigenvalue weighted by molar-refractivity contribution is 7.98. The maximum atomic E-state index is 14.7. The van der Waals surface area contributed by atoms with Crippen LogP contribution in [0.5, 0.6) is 0 Å². The van der Waals surface area contributed by atoms with Crippen molar-refractivity contribution in [2.75, 3.05) is 23.4 Å². The molecule has 0 radical (unpaired) electrons. The second-order valence-corrected chi connectivity index (χ2v) is 6.89. The van der Waals surface area contributed by atoms with E-state index in [0.717, 1.165) is 17.0 Å². The first kappa shape index (κ1) is 18.4. The van der Waals surface area contributed by atoms with Gasteiger partial charge in [0.1, 0.15) is 5.82 Å². The Bertz CT molecular complexity index is 870. The van der Waals surface area contributed by atoms with Gasteiger partial charge in [0.15, 0.2) is 0 Å². The summed E-state index contributed by atoms with van der Waals surface area (Å²) < 4.78 is 14.7. The number of anilines is 2. The standard InChI is InChI=1S/C19H20FN3O2S/c1-11(24)22-15-5-3-12(9-17(15)26-2)19(25)23-16-6-4-13-10-21-8-7-14(13)18(16)20/h3-6,9,21H,7-8,10H2,1-2H3,(H,22,24)(H,23,25). The van der Waals surface area contributed by atoms with Crippen LogP contribution in [0.15, 0.2) is 35.2 Å². The van der Waals surface area contributed by atoms with Crippen LogP contribution in [-0.4, -0.2) is 24.6 Å². The van der Waals surface area contributed by atoms with E-state index >= 15 is 0 Å². The Balaban J connectivity index is 1.83. The van der Waals surface area contributed by atoms with Crippen molar-refractivity contribution >= 4 is 35.0 Å². The predicted octanol–water partition coefficient (Wildman–Crippen LogP) is 3.40. The Hall–Kier alpha value is -2.38. The molecule has 0 aliphatic carbocycles. The first-order valence-corrected chi connectivity index (χ1v) is 9.50. The SMILES string of the molecule is CSc1cc(C(=O)Nc2ccc3c(c2F)CCNC3)ccc1NC(C)=O. The number of fused-ring (bicyclic) bond motifs is 1. The monoisotopic (exact) mass is 373 g/mol. The van der Waals surface area contributed by atoms with E-state index in [4.69, 9.17) is 0 Å². The van der Waals surface area contributed by atoms with Crippen molar-refractivity contribution in [1.29, 1.82) is 0 Å². The van der Waals surface area contributed by atoms with Crippen LogP contribution in [0, 0.1) is 5.82 Å². The van der Waals surface area contributed by atoms with Gasteiger partial charge in [-0.3, -0.25) is 9.59 Å². The van der Waals surface area contributed by atoms with Crippen molar-refractivity contribution in [3.05, 3.63) is 52.8 Å². The average molecular weight is 373 g/mol. The quantitative estimate of drug-likeness (QED) is 0.719. The molecule has 0 bridgehead atoms. The lowest BCUT2D eigenvalue weighted by molar-refractivity contribution is -0.114. The van der Waals surface area contributed by atoms with E-state index < -0.39 is 0 Å². The van der Waals surface area contributed by atoms with Crippen LogP contribution in [0.4, 0.5) is 15.8 Å². The Morgan fingerprint density at radius 1 is 1.15 bits per heavy atom. The van der Waals surface area contributed by atoms with Crippen LogP contribution < -0.4 is 16.0 Å². The number of carbonyl (C=O) groups is 2. The summed E-state index contributed by atoms with van der Waals surface area (Å²) in [6, 6.07) is 8.41. The van der Waals surface area contributed by atoms with Gasteiger partial charge in [0.25, 0.3) is 5.91 Å². The average Bonchev–Trinajstić information content (AvgIpc) is 2.64. The van der Waals surface area contributed by atoms with Gasteiger partial charge in [-0.1, -0.05) is 6.07 Å². The summed E-state index contributed by atoms with van der Waals surface area (Å²) >= 11 is 1.42. The first-order valence-electron chi connectivity index (χ1n) is 8.27. The molecule has 0 atom stereocenters. The van der Waals surface area contributed by atoms with Crippen LogP contribution in [0.25, 0.3) is 0 Å². The van der Waals surface area contributed by atoms with E-state index in [1.54, 1.807) is 24.3 Å². The molecule has 0 saturated heterocycles. The van der Waals surface area contributed by atoms with Crippen LogP contribution in [-0.2, 0) is 17.8 Å². The Labute approximate surface area is 155 Å². The lowest BCUT2D eigenvalue weighted by Crippen LogP contribution is -2.25. The molecule has 5 nitrogen and oxygen atoms in total. The van der Waals surface area contributed by atoms with E-state index in [2.05, 4.69) is 16.0 Å². The number of nitrogens with one attached hydrogen (secondary N) is 3. The van der Waals surface area contributed by atoms with Gasteiger partial charge < -0.3 is 16.0 Å². The molecule has 7 heteroatoms. The van der Waals surface area contributed by atoms with E-state index in [1.165, 1.54) is 18.7 Å². The van der Waals surface area contributed by atoms with Gasteiger partial charge in [-0.2, -0.15) is 0 Å². The molecule has 2 aromatic rings. The number of rotatable bonds is 4. The molecule has 136 valence electrons. The highest BCUT2D eigenvalue weighted by Crippen LogP contribution is 2.28. The molecule has 3 N–H and O–H groups in total. The van der Waals surface area contributed by atoms with E-state index in [9.17, 15) is 14.0 Å². The molecule has 0 fully saturated rings. The molecular formula is C19H20FN3O2S. The summed E-state index contributed by atoms with van der Waals surface area (Å²) in [6.07, 6.45) is 2.46. The minimum absolute atomic E-state index is 0.178. The van der Waals surface area contributed by atoms with Gasteiger partial charge in [0.05, 0.1) is 11.4 Å². The fraction of sp³-hybridized carbons (Fsp3) is 0.263. The number of thioether (sulfide) groups is 1. The molecule has 1 aliphatic rings. The predicted molar refractivity (Wildman–Crippen MR) is 102 cm³/mol. The highest BCUT2D eigenvalue weighted by atomic mass is 32.2. The molecule has 1 aliphatic heterocycles. The van der Waals surface area contributed by atoms with Crippen molar-refractivity contribution in [3.63, 3.8) is 0 Å². The zero-order chi connectivity index (χ0) is 18.7. The zero-order valence-corrected chi connectivity index (χ0v) is 15.4. The third-order valence-corrected chi connectivity index (χ3v) is 5.01. The fourth-order valence-corrected chi connectivity index (χ4v) is 3.53. The number of hydrogen-bond acceptors (Lipinski definition) is 4. The summed E-state index contributed by atoms with van der Waals surface area (Å²) in [5, 5.41) is 8.58. The van der Waals surface area contributed by atoms with Gasteiger partial charge >= 0.3 is 0 Å². The molecule has 0 saturated carbocycles. The normalized spacial score (nSPS) is 13.0. The third kappa shape index (κ3) is 3.89. The van der Waals surface area contributed by atoms with Gasteiger partial charge in [0.2, 0.25) is 5.91 Å². The molecule has 0 spiro atoms. The maximum absolute atomic E-state index is 14.7. The number of amides is 2. The van der Waals surface area contributed by atoms with Crippen molar-refractivity contribution in [2.45, 2.75) is 24.8 Å². The van der Waals surface area contributed by atoms with Crippen molar-refractivity contribution in [2.24, 2.45) is 0 Å². The molecule has 26 heavy (non-hydrogen) atoms. The minimum atomic E-state index is -0.387. The van der Waals surface area contributed by atoms with Crippen molar-refractivity contribution in [1.82, 2.24) is 5.32 Å². The van der Waals surface area contributed by atoms with Gasteiger partial charge in [-0.05, 0) is 54.6 Å². The summed E-state index contributed by atoms with van der Waals surface area (Å²) in [5.74, 6) is -0.928. The maximum Gasteiger partial charge on any atom is 0.255 e. The molecular weight excluding hydrogens is 353 g/mol. The fourth-order valence-electron chi connectivity index (χ4n) is 2.95. The van der Waals surface area contributed by atoms with Crippen LogP contribution in [0.1, 0.15) is 28.4 Å². The summed E-state index contributed by atoms with van der Waals surface area (Å²) in [6.45, 7) is 2.80. The minimum Gasteiger partial charge on any atom is -0.325 e. The van der Waals surface area contributed by atoms with Crippen molar-refractivity contribution in [3.8, 4) is 0 Å². The molecule has 0 aromatic heterocycles. The zero-order valence-electron chi connectivity index (χ0n) is 14.6. The number of halogens is 1. The van der Waals surface area contributed by atoms with Gasteiger partial charge in [0, 0.05) is 23.9 Å².